The number of hydrogen-bond acceptors (Lipinski definition) is 3. The quantitative estimate of drug-likeness (QED) is 0.751. The fraction of sp³-hybridized carbons (Fsp3) is 0.833. The highest BCUT2D eigenvalue weighted by atomic mass is 16.2. The molecule has 0 aromatic carbocycles. The summed E-state index contributed by atoms with van der Waals surface area (Å²) in [5, 5.41) is 4.73. The van der Waals surface area contributed by atoms with Crippen LogP contribution < -0.4 is 0 Å². The fourth-order valence-electron chi connectivity index (χ4n) is 6.96. The molecule has 4 heterocycles. The van der Waals surface area contributed by atoms with E-state index in [-0.39, 0.29) is 0 Å². The molecular formula is C24H38N4O. The van der Waals surface area contributed by atoms with Crippen molar-refractivity contribution in [3.05, 3.63) is 18.0 Å². The maximum absolute atomic E-state index is 13.0. The van der Waals surface area contributed by atoms with Crippen molar-refractivity contribution in [2.75, 3.05) is 13.1 Å². The zero-order chi connectivity index (χ0) is 19.8. The number of amides is 1. The van der Waals surface area contributed by atoms with Crippen molar-refractivity contribution in [2.24, 2.45) is 17.8 Å². The van der Waals surface area contributed by atoms with Crippen molar-refractivity contribution in [1.82, 2.24) is 19.6 Å². The molecule has 0 unspecified atom stereocenters. The Labute approximate surface area is 175 Å². The Morgan fingerprint density at radius 3 is 2.69 bits per heavy atom. The number of fused-ring (bicyclic) bond motifs is 4. The van der Waals surface area contributed by atoms with Crippen molar-refractivity contribution in [3.8, 4) is 0 Å². The third-order valence-corrected chi connectivity index (χ3v) is 8.28. The molecule has 1 aromatic rings. The second-order valence-electron chi connectivity index (χ2n) is 10.2. The fourth-order valence-corrected chi connectivity index (χ4v) is 6.96. The van der Waals surface area contributed by atoms with Crippen LogP contribution in [0.4, 0.5) is 0 Å². The van der Waals surface area contributed by atoms with Crippen molar-refractivity contribution >= 4 is 5.91 Å². The Morgan fingerprint density at radius 1 is 1.07 bits per heavy atom. The minimum Gasteiger partial charge on any atom is -0.336 e. The lowest BCUT2D eigenvalue weighted by atomic mass is 9.69. The van der Waals surface area contributed by atoms with Gasteiger partial charge in [0.2, 0.25) is 5.91 Å². The van der Waals surface area contributed by atoms with Crippen LogP contribution in [-0.4, -0.2) is 50.7 Å². The number of carbonyl (C=O) groups excluding carboxylic acids is 1. The molecule has 3 saturated heterocycles. The number of hydrogen-bond donors (Lipinski definition) is 0. The Balaban J connectivity index is 1.34. The molecule has 0 N–H and O–H groups in total. The minimum absolute atomic E-state index is 0.465. The molecule has 4 atom stereocenters. The zero-order valence-electron chi connectivity index (χ0n) is 18.1. The van der Waals surface area contributed by atoms with Crippen LogP contribution in [0.2, 0.25) is 0 Å². The molecule has 1 aliphatic carbocycles. The summed E-state index contributed by atoms with van der Waals surface area (Å²) >= 11 is 0. The molecule has 1 amide bonds. The Kier molecular flexibility index (Phi) is 5.68. The smallest absolute Gasteiger partial charge is 0.223 e. The van der Waals surface area contributed by atoms with E-state index in [1.54, 1.807) is 0 Å². The van der Waals surface area contributed by atoms with Gasteiger partial charge in [-0.25, -0.2) is 0 Å². The summed E-state index contributed by atoms with van der Waals surface area (Å²) in [5.41, 5.74) is 1.20. The summed E-state index contributed by atoms with van der Waals surface area (Å²) in [6.07, 6.45) is 14.8. The lowest BCUT2D eigenvalue weighted by molar-refractivity contribution is -0.154. The molecule has 5 heteroatoms. The first-order valence-electron chi connectivity index (χ1n) is 12.3. The van der Waals surface area contributed by atoms with E-state index in [0.717, 1.165) is 44.9 Å². The van der Waals surface area contributed by atoms with Gasteiger partial charge in [0.05, 0.1) is 5.69 Å². The average Bonchev–Trinajstić information content (AvgIpc) is 3.19. The van der Waals surface area contributed by atoms with E-state index in [0.29, 0.717) is 29.8 Å². The normalized spacial score (nSPS) is 33.7. The van der Waals surface area contributed by atoms with Gasteiger partial charge in [0.15, 0.2) is 0 Å². The van der Waals surface area contributed by atoms with Gasteiger partial charge in [0, 0.05) is 50.9 Å². The van der Waals surface area contributed by atoms with E-state index in [1.165, 1.54) is 57.1 Å². The number of nitrogens with zero attached hydrogens (tertiary/aromatic N) is 4. The van der Waals surface area contributed by atoms with E-state index in [2.05, 4.69) is 29.0 Å². The van der Waals surface area contributed by atoms with Crippen LogP contribution in [0.1, 0.15) is 76.8 Å². The van der Waals surface area contributed by atoms with Gasteiger partial charge in [-0.15, -0.1) is 0 Å². The monoisotopic (exact) mass is 398 g/mol. The van der Waals surface area contributed by atoms with Crippen LogP contribution in [0, 0.1) is 17.8 Å². The van der Waals surface area contributed by atoms with Crippen LogP contribution in [0.15, 0.2) is 12.3 Å². The summed E-state index contributed by atoms with van der Waals surface area (Å²) in [5.74, 6) is 2.62. The highest BCUT2D eigenvalue weighted by molar-refractivity contribution is 5.78. The molecule has 0 radical (unpaired) electrons. The lowest BCUT2D eigenvalue weighted by Gasteiger charge is -2.57. The maximum atomic E-state index is 13.0. The van der Waals surface area contributed by atoms with Crippen LogP contribution in [0.5, 0.6) is 0 Å². The first-order chi connectivity index (χ1) is 14.2. The molecule has 160 valence electrons. The molecule has 1 aromatic heterocycles. The topological polar surface area (TPSA) is 41.4 Å². The molecule has 4 fully saturated rings. The minimum atomic E-state index is 0.465. The van der Waals surface area contributed by atoms with Crippen molar-refractivity contribution in [3.63, 3.8) is 0 Å². The summed E-state index contributed by atoms with van der Waals surface area (Å²) in [6.45, 7) is 6.33. The molecular weight excluding hydrogens is 360 g/mol. The predicted octanol–water partition coefficient (Wildman–Crippen LogP) is 4.07. The number of aryl methyl sites for hydroxylation is 1. The molecule has 2 bridgehead atoms. The third-order valence-electron chi connectivity index (χ3n) is 8.28. The zero-order valence-corrected chi connectivity index (χ0v) is 18.1. The molecule has 1 saturated carbocycles. The maximum Gasteiger partial charge on any atom is 0.223 e. The van der Waals surface area contributed by atoms with Gasteiger partial charge >= 0.3 is 0 Å². The van der Waals surface area contributed by atoms with E-state index in [9.17, 15) is 4.79 Å². The van der Waals surface area contributed by atoms with Crippen LogP contribution in [0.3, 0.4) is 0 Å². The second kappa shape index (κ2) is 8.41. The van der Waals surface area contributed by atoms with Gasteiger partial charge in [-0.05, 0) is 56.4 Å². The van der Waals surface area contributed by atoms with E-state index in [4.69, 9.17) is 5.10 Å². The summed E-state index contributed by atoms with van der Waals surface area (Å²) in [4.78, 5) is 18.1. The summed E-state index contributed by atoms with van der Waals surface area (Å²) < 4.78 is 2.04. The summed E-state index contributed by atoms with van der Waals surface area (Å²) in [6, 6.07) is 3.17. The van der Waals surface area contributed by atoms with Gasteiger partial charge in [0.1, 0.15) is 0 Å². The van der Waals surface area contributed by atoms with Crippen molar-refractivity contribution in [1.29, 1.82) is 0 Å². The van der Waals surface area contributed by atoms with Crippen molar-refractivity contribution in [2.45, 2.75) is 96.3 Å². The largest absolute Gasteiger partial charge is 0.336 e. The molecule has 5 nitrogen and oxygen atoms in total. The average molecular weight is 399 g/mol. The van der Waals surface area contributed by atoms with Crippen LogP contribution in [0.25, 0.3) is 0 Å². The molecule has 3 aliphatic heterocycles. The van der Waals surface area contributed by atoms with Gasteiger partial charge in [-0.2, -0.15) is 5.10 Å². The first-order valence-corrected chi connectivity index (χ1v) is 12.3. The predicted molar refractivity (Wildman–Crippen MR) is 114 cm³/mol. The van der Waals surface area contributed by atoms with E-state index < -0.39 is 0 Å². The van der Waals surface area contributed by atoms with E-state index in [1.807, 2.05) is 4.68 Å². The number of likely N-dealkylation sites (tertiary alicyclic amines) is 1. The molecule has 4 aliphatic rings. The molecule has 5 rings (SSSR count). The standard InChI is InChI=1S/C24H38N4O/c1-2-27-12-11-21(25-27)17-26-15-19-14-20(16-26)23(13-18-7-4-3-5-8-18)28-22(19)9-6-10-24(28)29/h11-12,18-20,22-23H,2-10,13-17H2,1H3/t19-,20+,22+,23+/m1/s1. The van der Waals surface area contributed by atoms with Gasteiger partial charge in [-0.1, -0.05) is 32.1 Å². The number of carbonyl (C=O) groups is 1. The summed E-state index contributed by atoms with van der Waals surface area (Å²) in [7, 11) is 0. The highest BCUT2D eigenvalue weighted by Crippen LogP contribution is 2.44. The van der Waals surface area contributed by atoms with Crippen molar-refractivity contribution < 1.29 is 4.79 Å². The van der Waals surface area contributed by atoms with E-state index >= 15 is 0 Å². The highest BCUT2D eigenvalue weighted by Gasteiger charge is 2.49. The first kappa shape index (κ1) is 19.6. The van der Waals surface area contributed by atoms with Gasteiger partial charge < -0.3 is 4.90 Å². The van der Waals surface area contributed by atoms with Gasteiger partial charge in [0.25, 0.3) is 0 Å². The number of piperidine rings is 3. The third kappa shape index (κ3) is 3.99. The SMILES string of the molecule is CCn1ccc(CN2C[C@H]3C[C@@H](C2)[C@H](CC2CCCCC2)N2C(=O)CCC[C@@H]32)n1. The molecule has 0 spiro atoms. The Morgan fingerprint density at radius 2 is 1.90 bits per heavy atom. The lowest BCUT2D eigenvalue weighted by Crippen LogP contribution is -2.65. The van der Waals surface area contributed by atoms with Gasteiger partial charge in [-0.3, -0.25) is 14.4 Å². The molecule has 29 heavy (non-hydrogen) atoms. The Hall–Kier alpha value is -1.36. The second-order valence-corrected chi connectivity index (χ2v) is 10.2. The Bertz CT molecular complexity index is 709. The number of aromatic nitrogens is 2. The number of rotatable bonds is 5. The van der Waals surface area contributed by atoms with Crippen LogP contribution in [-0.2, 0) is 17.9 Å². The van der Waals surface area contributed by atoms with Crippen LogP contribution >= 0.6 is 0 Å².